The van der Waals surface area contributed by atoms with E-state index in [2.05, 4.69) is 20.0 Å². The number of nitrogens with one attached hydrogen (secondary N) is 1. The fraction of sp³-hybridized carbons (Fsp3) is 0.0714. The molecule has 0 aliphatic heterocycles. The van der Waals surface area contributed by atoms with Gasteiger partial charge in [0.1, 0.15) is 5.82 Å². The van der Waals surface area contributed by atoms with Crippen LogP contribution in [0.25, 0.3) is 5.82 Å². The molecule has 0 atom stereocenters. The molecule has 0 fully saturated rings. The summed E-state index contributed by atoms with van der Waals surface area (Å²) in [5.74, 6) is 0.431. The average Bonchev–Trinajstić information content (AvgIpc) is 3.02. The lowest BCUT2D eigenvalue weighted by Crippen LogP contribution is -2.18. The minimum absolute atomic E-state index is 0.115. The molecule has 0 bridgehead atoms. The fourth-order valence-electron chi connectivity index (χ4n) is 2.08. The molecule has 0 aliphatic carbocycles. The van der Waals surface area contributed by atoms with E-state index in [9.17, 15) is 16.8 Å². The summed E-state index contributed by atoms with van der Waals surface area (Å²) in [6, 6.07) is 9.50. The van der Waals surface area contributed by atoms with Crippen LogP contribution in [0.5, 0.6) is 0 Å². The number of aryl methyl sites for hydroxylation is 1. The summed E-state index contributed by atoms with van der Waals surface area (Å²) in [5.41, 5.74) is 0.697. The lowest BCUT2D eigenvalue weighted by molar-refractivity contribution is 0.597. The average molecular weight is 394 g/mol. The molecule has 10 nitrogen and oxygen atoms in total. The first kappa shape index (κ1) is 18.0. The minimum Gasteiger partial charge on any atom is -0.263 e. The van der Waals surface area contributed by atoms with Crippen molar-refractivity contribution in [2.24, 2.45) is 5.14 Å². The number of nitrogens with zero attached hydrogens (tertiary/aromatic N) is 4. The van der Waals surface area contributed by atoms with E-state index in [1.807, 2.05) is 0 Å². The maximum Gasteiger partial charge on any atom is 0.263 e. The largest absolute Gasteiger partial charge is 0.263 e. The Morgan fingerprint density at radius 1 is 1.00 bits per heavy atom. The van der Waals surface area contributed by atoms with Gasteiger partial charge in [0, 0.05) is 6.07 Å². The summed E-state index contributed by atoms with van der Waals surface area (Å²) in [7, 11) is -8.11. The molecule has 2 aromatic heterocycles. The fourth-order valence-corrected chi connectivity index (χ4v) is 3.80. The molecule has 0 amide bonds. The second-order valence-electron chi connectivity index (χ2n) is 5.29. The van der Waals surface area contributed by atoms with Gasteiger partial charge in [-0.2, -0.15) is 14.9 Å². The zero-order valence-electron chi connectivity index (χ0n) is 13.4. The van der Waals surface area contributed by atoms with E-state index in [1.54, 1.807) is 19.1 Å². The van der Waals surface area contributed by atoms with Gasteiger partial charge in [-0.25, -0.2) is 22.0 Å². The first-order valence-electron chi connectivity index (χ1n) is 7.17. The second-order valence-corrected chi connectivity index (χ2v) is 8.53. The van der Waals surface area contributed by atoms with E-state index in [-0.39, 0.29) is 15.6 Å². The topological polar surface area (TPSA) is 150 Å². The van der Waals surface area contributed by atoms with Crippen LogP contribution in [0.3, 0.4) is 0 Å². The number of hydrogen-bond donors (Lipinski definition) is 2. The van der Waals surface area contributed by atoms with Crippen molar-refractivity contribution in [3.8, 4) is 5.82 Å². The summed E-state index contributed by atoms with van der Waals surface area (Å²) in [4.78, 5) is -0.565. The Labute approximate surface area is 149 Å². The van der Waals surface area contributed by atoms with Crippen LogP contribution in [0.1, 0.15) is 5.69 Å². The zero-order chi connectivity index (χ0) is 18.9. The molecule has 3 rings (SSSR count). The minimum atomic E-state index is -4.08. The number of anilines is 1. The lowest BCUT2D eigenvalue weighted by atomic mass is 10.4. The van der Waals surface area contributed by atoms with Gasteiger partial charge in [-0.1, -0.05) is 6.07 Å². The van der Waals surface area contributed by atoms with Crippen LogP contribution < -0.4 is 9.86 Å². The molecule has 0 aliphatic rings. The van der Waals surface area contributed by atoms with Crippen LogP contribution >= 0.6 is 0 Å². The van der Waals surface area contributed by atoms with Crippen molar-refractivity contribution < 1.29 is 16.8 Å². The van der Waals surface area contributed by atoms with E-state index >= 15 is 0 Å². The summed E-state index contributed by atoms with van der Waals surface area (Å²) in [6.45, 7) is 1.77. The first-order valence-corrected chi connectivity index (χ1v) is 10.2. The van der Waals surface area contributed by atoms with Gasteiger partial charge in [-0.3, -0.25) is 4.72 Å². The van der Waals surface area contributed by atoms with Crippen molar-refractivity contribution in [2.75, 3.05) is 4.72 Å². The summed E-state index contributed by atoms with van der Waals surface area (Å²) >= 11 is 0. The highest BCUT2D eigenvalue weighted by molar-refractivity contribution is 7.92. The molecule has 0 saturated heterocycles. The summed E-state index contributed by atoms with van der Waals surface area (Å²) in [5, 5.41) is 16.9. The van der Waals surface area contributed by atoms with Gasteiger partial charge in [0.05, 0.1) is 21.7 Å². The molecule has 2 heterocycles. The molecule has 0 spiro atoms. The van der Waals surface area contributed by atoms with Crippen molar-refractivity contribution >= 4 is 25.9 Å². The van der Waals surface area contributed by atoms with Gasteiger partial charge in [0.25, 0.3) is 10.0 Å². The Hall–Kier alpha value is -2.83. The molecule has 136 valence electrons. The van der Waals surface area contributed by atoms with Crippen LogP contribution in [0.15, 0.2) is 58.5 Å². The molecule has 0 unspecified atom stereocenters. The van der Waals surface area contributed by atoms with Gasteiger partial charge < -0.3 is 0 Å². The third kappa shape index (κ3) is 3.71. The number of rotatable bonds is 5. The normalized spacial score (nSPS) is 12.1. The van der Waals surface area contributed by atoms with Crippen molar-refractivity contribution in [2.45, 2.75) is 16.7 Å². The first-order chi connectivity index (χ1) is 12.2. The Morgan fingerprint density at radius 2 is 1.73 bits per heavy atom. The third-order valence-corrected chi connectivity index (χ3v) is 5.59. The molecular weight excluding hydrogens is 380 g/mol. The SMILES string of the molecule is Cc1ccc(-n2nccc2NS(=O)(=O)c2cccc(S(N)(=O)=O)c2)nn1. The molecular formula is C14H14N6O4S2. The zero-order valence-corrected chi connectivity index (χ0v) is 15.1. The van der Waals surface area contributed by atoms with Crippen LogP contribution in [0.2, 0.25) is 0 Å². The maximum atomic E-state index is 12.6. The number of benzene rings is 1. The number of hydrogen-bond acceptors (Lipinski definition) is 7. The van der Waals surface area contributed by atoms with E-state index in [0.717, 1.165) is 6.07 Å². The van der Waals surface area contributed by atoms with Gasteiger partial charge in [-0.05, 0) is 37.3 Å². The monoisotopic (exact) mass is 394 g/mol. The van der Waals surface area contributed by atoms with Gasteiger partial charge >= 0.3 is 0 Å². The van der Waals surface area contributed by atoms with Crippen LogP contribution in [0.4, 0.5) is 5.82 Å². The number of primary sulfonamides is 1. The second kappa shape index (κ2) is 6.48. The van der Waals surface area contributed by atoms with Gasteiger partial charge in [-0.15, -0.1) is 5.10 Å². The van der Waals surface area contributed by atoms with Crippen LogP contribution in [0, 0.1) is 6.92 Å². The molecule has 0 saturated carbocycles. The number of aromatic nitrogens is 4. The maximum absolute atomic E-state index is 12.6. The van der Waals surface area contributed by atoms with E-state index in [4.69, 9.17) is 5.14 Å². The summed E-state index contributed by atoms with van der Waals surface area (Å²) < 4.78 is 51.6. The Kier molecular flexibility index (Phi) is 4.48. The highest BCUT2D eigenvalue weighted by Gasteiger charge is 2.20. The highest BCUT2D eigenvalue weighted by atomic mass is 32.2. The van der Waals surface area contributed by atoms with Crippen molar-refractivity contribution in [3.05, 3.63) is 54.4 Å². The Morgan fingerprint density at radius 3 is 2.38 bits per heavy atom. The van der Waals surface area contributed by atoms with Gasteiger partial charge in [0.2, 0.25) is 10.0 Å². The molecule has 0 radical (unpaired) electrons. The Balaban J connectivity index is 1.97. The Bertz CT molecular complexity index is 1150. The molecule has 3 N–H and O–H groups in total. The van der Waals surface area contributed by atoms with E-state index in [1.165, 1.54) is 35.1 Å². The van der Waals surface area contributed by atoms with E-state index in [0.29, 0.717) is 11.5 Å². The number of nitrogens with two attached hydrogens (primary N) is 1. The van der Waals surface area contributed by atoms with Crippen molar-refractivity contribution in [3.63, 3.8) is 0 Å². The van der Waals surface area contributed by atoms with Crippen LogP contribution in [-0.4, -0.2) is 36.8 Å². The molecule has 3 aromatic rings. The standard InChI is InChI=1S/C14H14N6O4S2/c1-10-5-6-13(18-17-10)20-14(7-8-16-20)19-26(23,24)12-4-2-3-11(9-12)25(15,21)22/h2-9,19H,1H3,(H2,15,21,22). The van der Waals surface area contributed by atoms with Crippen molar-refractivity contribution in [1.29, 1.82) is 0 Å². The molecule has 26 heavy (non-hydrogen) atoms. The quantitative estimate of drug-likeness (QED) is 0.636. The van der Waals surface area contributed by atoms with Crippen molar-refractivity contribution in [1.82, 2.24) is 20.0 Å². The number of sulfonamides is 2. The highest BCUT2D eigenvalue weighted by Crippen LogP contribution is 2.20. The summed E-state index contributed by atoms with van der Waals surface area (Å²) in [6.07, 6.45) is 1.39. The predicted octanol–water partition coefficient (Wildman–Crippen LogP) is 0.419. The molecule has 12 heteroatoms. The lowest BCUT2D eigenvalue weighted by Gasteiger charge is -2.10. The predicted molar refractivity (Wildman–Crippen MR) is 92.5 cm³/mol. The van der Waals surface area contributed by atoms with Gasteiger partial charge in [0.15, 0.2) is 5.82 Å². The third-order valence-electron chi connectivity index (χ3n) is 3.33. The molecule has 1 aromatic carbocycles. The smallest absolute Gasteiger partial charge is 0.263 e. The van der Waals surface area contributed by atoms with E-state index < -0.39 is 20.0 Å². The van der Waals surface area contributed by atoms with Crippen LogP contribution in [-0.2, 0) is 20.0 Å².